The topological polar surface area (TPSA) is 99.8 Å². The Bertz CT molecular complexity index is 1120. The summed E-state index contributed by atoms with van der Waals surface area (Å²) >= 11 is 5.83. The lowest BCUT2D eigenvalue weighted by Crippen LogP contribution is -2.41. The summed E-state index contributed by atoms with van der Waals surface area (Å²) in [7, 11) is 0. The number of aliphatic imine (C=N–C) groups is 1. The van der Waals surface area contributed by atoms with Crippen LogP contribution < -0.4 is 15.9 Å². The first-order chi connectivity index (χ1) is 14.6. The van der Waals surface area contributed by atoms with E-state index in [9.17, 15) is 22.8 Å². The molecule has 0 aliphatic carbocycles. The fourth-order valence-corrected chi connectivity index (χ4v) is 3.07. The van der Waals surface area contributed by atoms with Crippen LogP contribution in [0.1, 0.15) is 34.6 Å². The largest absolute Gasteiger partial charge is 0.390 e. The number of rotatable bonds is 6. The van der Waals surface area contributed by atoms with Crippen molar-refractivity contribution in [1.29, 1.82) is 0 Å². The molecule has 0 bridgehead atoms. The number of carbonyl (C=O) groups excluding carboxylic acids is 1. The predicted octanol–water partition coefficient (Wildman–Crippen LogP) is 2.02. The summed E-state index contributed by atoms with van der Waals surface area (Å²) in [6.07, 6.45) is 4.94. The molecule has 0 unspecified atom stereocenters. The van der Waals surface area contributed by atoms with Gasteiger partial charge in [-0.2, -0.15) is 8.78 Å². The van der Waals surface area contributed by atoms with E-state index in [2.05, 4.69) is 15.3 Å². The lowest BCUT2D eigenvalue weighted by Gasteiger charge is -2.23. The van der Waals surface area contributed by atoms with Gasteiger partial charge >= 0.3 is 0 Å². The van der Waals surface area contributed by atoms with Crippen LogP contribution in [0.3, 0.4) is 0 Å². The van der Waals surface area contributed by atoms with Crippen molar-refractivity contribution in [2.24, 2.45) is 4.99 Å². The highest BCUT2D eigenvalue weighted by atomic mass is 35.5. The number of nitrogens with zero attached hydrogens (tertiary/aromatic N) is 4. The summed E-state index contributed by atoms with van der Waals surface area (Å²) < 4.78 is 43.2. The third kappa shape index (κ3) is 4.78. The molecule has 1 atom stereocenters. The van der Waals surface area contributed by atoms with Crippen LogP contribution in [-0.2, 0) is 5.92 Å². The van der Waals surface area contributed by atoms with Crippen LogP contribution in [0.15, 0.2) is 51.7 Å². The van der Waals surface area contributed by atoms with Crippen LogP contribution in [-0.4, -0.2) is 40.0 Å². The molecule has 0 saturated carbocycles. The van der Waals surface area contributed by atoms with Crippen LogP contribution in [0.5, 0.6) is 0 Å². The van der Waals surface area contributed by atoms with Gasteiger partial charge in [0.25, 0.3) is 17.4 Å². The van der Waals surface area contributed by atoms with Gasteiger partial charge in [0.15, 0.2) is 0 Å². The van der Waals surface area contributed by atoms with E-state index in [1.54, 1.807) is 0 Å². The predicted molar refractivity (Wildman–Crippen MR) is 107 cm³/mol. The molecule has 1 aliphatic rings. The summed E-state index contributed by atoms with van der Waals surface area (Å²) in [6.45, 7) is 0.0603. The molecule has 0 radical (unpaired) electrons. The smallest absolute Gasteiger partial charge is 0.298 e. The molecule has 2 aromatic rings. The molecule has 0 fully saturated rings. The van der Waals surface area contributed by atoms with E-state index in [0.29, 0.717) is 0 Å². The third-order valence-electron chi connectivity index (χ3n) is 4.47. The number of amides is 1. The van der Waals surface area contributed by atoms with Crippen molar-refractivity contribution in [3.63, 3.8) is 0 Å². The van der Waals surface area contributed by atoms with Crippen molar-refractivity contribution in [3.05, 3.63) is 74.9 Å². The molecule has 1 amide bonds. The second kappa shape index (κ2) is 8.90. The zero-order valence-corrected chi connectivity index (χ0v) is 16.9. The van der Waals surface area contributed by atoms with Crippen LogP contribution in [0.2, 0.25) is 0 Å². The van der Waals surface area contributed by atoms with Crippen LogP contribution in [0, 0.1) is 5.82 Å². The van der Waals surface area contributed by atoms with Crippen molar-refractivity contribution < 1.29 is 23.1 Å². The van der Waals surface area contributed by atoms with Gasteiger partial charge in [-0.3, -0.25) is 14.6 Å². The molecule has 0 saturated heterocycles. The minimum atomic E-state index is -3.77. The molecule has 12 heteroatoms. The molecule has 1 aliphatic heterocycles. The molecule has 0 spiro atoms. The summed E-state index contributed by atoms with van der Waals surface area (Å²) in [6, 6.07) is 2.29. The van der Waals surface area contributed by atoms with Gasteiger partial charge in [-0.25, -0.2) is 19.0 Å². The van der Waals surface area contributed by atoms with E-state index in [0.717, 1.165) is 23.1 Å². The first kappa shape index (κ1) is 22.5. The Balaban J connectivity index is 1.84. The number of hydrogen-bond donors (Lipinski definition) is 2. The Hall–Kier alpha value is -3.18. The molecular formula is C19H17ClF3N5O3. The zero-order chi connectivity index (χ0) is 22.8. The van der Waals surface area contributed by atoms with Crippen molar-refractivity contribution in [3.8, 4) is 0 Å². The Kier molecular flexibility index (Phi) is 6.46. The van der Waals surface area contributed by atoms with Gasteiger partial charge < -0.3 is 10.4 Å². The van der Waals surface area contributed by atoms with Crippen LogP contribution in [0.25, 0.3) is 0 Å². The highest BCUT2D eigenvalue weighted by Crippen LogP contribution is 2.32. The highest BCUT2D eigenvalue weighted by molar-refractivity contribution is 6.30. The summed E-state index contributed by atoms with van der Waals surface area (Å²) in [5, 5.41) is 12.8. The molecule has 2 heterocycles. The average molecular weight is 456 g/mol. The standard InChI is InChI=1S/C19H17ClF3N5O3/c1-11(12-3-2-4-13(17(12)21)19(22,23)10-29)26-18(31)14-8-28(16(30)7-25-14)27-6-5-24-15(20)9-27/h2-5,7-9,11,29H,6,10H2,1H3,(H,26,31)/t11-/m1/s1. The summed E-state index contributed by atoms with van der Waals surface area (Å²) in [5.41, 5.74) is -1.88. The minimum Gasteiger partial charge on any atom is -0.390 e. The van der Waals surface area contributed by atoms with Gasteiger partial charge in [-0.15, -0.1) is 0 Å². The van der Waals surface area contributed by atoms with Gasteiger partial charge in [-0.1, -0.05) is 23.7 Å². The van der Waals surface area contributed by atoms with Crippen molar-refractivity contribution in [1.82, 2.24) is 15.0 Å². The lowest BCUT2D eigenvalue weighted by molar-refractivity contribution is -0.0584. The maximum atomic E-state index is 14.6. The number of alkyl halides is 2. The van der Waals surface area contributed by atoms with Gasteiger partial charge in [-0.05, 0) is 13.0 Å². The number of aliphatic hydroxyl groups is 1. The number of aromatic nitrogens is 2. The first-order valence-corrected chi connectivity index (χ1v) is 9.35. The molecule has 8 nitrogen and oxygen atoms in total. The van der Waals surface area contributed by atoms with Crippen LogP contribution >= 0.6 is 11.6 Å². The normalized spacial score (nSPS) is 14.9. The van der Waals surface area contributed by atoms with Crippen LogP contribution in [0.4, 0.5) is 13.2 Å². The maximum Gasteiger partial charge on any atom is 0.298 e. The molecule has 2 N–H and O–H groups in total. The van der Waals surface area contributed by atoms with Gasteiger partial charge in [0, 0.05) is 11.8 Å². The monoisotopic (exact) mass is 455 g/mol. The second-order valence-corrected chi connectivity index (χ2v) is 6.99. The van der Waals surface area contributed by atoms with E-state index < -0.39 is 41.4 Å². The quantitative estimate of drug-likeness (QED) is 0.649. The first-order valence-electron chi connectivity index (χ1n) is 8.98. The van der Waals surface area contributed by atoms with Crippen molar-refractivity contribution in [2.75, 3.05) is 18.2 Å². The number of aliphatic hydroxyl groups excluding tert-OH is 1. The molecule has 164 valence electrons. The fourth-order valence-electron chi connectivity index (χ4n) is 2.89. The minimum absolute atomic E-state index is 0.129. The zero-order valence-electron chi connectivity index (χ0n) is 16.1. The lowest BCUT2D eigenvalue weighted by atomic mass is 10.0. The second-order valence-electron chi connectivity index (χ2n) is 6.61. The summed E-state index contributed by atoms with van der Waals surface area (Å²) in [5.74, 6) is -5.77. The maximum absolute atomic E-state index is 14.6. The van der Waals surface area contributed by atoms with Crippen molar-refractivity contribution in [2.45, 2.75) is 18.9 Å². The SMILES string of the molecule is C[C@@H](NC(=O)c1cn(N2C=C(Cl)N=CC2)c(=O)cn1)c1cccc(C(F)(F)CO)c1F. The highest BCUT2D eigenvalue weighted by Gasteiger charge is 2.35. The summed E-state index contributed by atoms with van der Waals surface area (Å²) in [4.78, 5) is 32.4. The Labute approximate surface area is 179 Å². The number of halogens is 4. The van der Waals surface area contributed by atoms with Gasteiger partial charge in [0.1, 0.15) is 23.3 Å². The third-order valence-corrected chi connectivity index (χ3v) is 4.66. The molecule has 3 rings (SSSR count). The molecule has 1 aromatic carbocycles. The fraction of sp³-hybridized carbons (Fsp3) is 0.263. The average Bonchev–Trinajstić information content (AvgIpc) is 2.73. The van der Waals surface area contributed by atoms with Gasteiger partial charge in [0.2, 0.25) is 0 Å². The molecule has 31 heavy (non-hydrogen) atoms. The number of nitrogens with one attached hydrogen (secondary N) is 1. The Morgan fingerprint density at radius 1 is 1.42 bits per heavy atom. The number of carbonyl (C=O) groups is 1. The van der Waals surface area contributed by atoms with Gasteiger partial charge in [0.05, 0.1) is 36.7 Å². The Morgan fingerprint density at radius 3 is 2.84 bits per heavy atom. The molecular weight excluding hydrogens is 439 g/mol. The van der Waals surface area contributed by atoms with E-state index in [-0.39, 0.29) is 23.0 Å². The van der Waals surface area contributed by atoms with Crippen molar-refractivity contribution >= 4 is 23.7 Å². The van der Waals surface area contributed by atoms with E-state index in [4.69, 9.17) is 16.7 Å². The van der Waals surface area contributed by atoms with E-state index >= 15 is 0 Å². The molecule has 1 aromatic heterocycles. The number of benzene rings is 1. The van der Waals surface area contributed by atoms with E-state index in [1.807, 2.05) is 0 Å². The van der Waals surface area contributed by atoms with E-state index in [1.165, 1.54) is 36.5 Å². The Morgan fingerprint density at radius 2 is 2.16 bits per heavy atom. The number of hydrogen-bond acceptors (Lipinski definition) is 6.